The van der Waals surface area contributed by atoms with Gasteiger partial charge in [0, 0.05) is 0 Å². The minimum absolute atomic E-state index is 0. The van der Waals surface area contributed by atoms with Crippen molar-refractivity contribution in [2.45, 2.75) is 24.7 Å². The van der Waals surface area contributed by atoms with Crippen molar-refractivity contribution in [2.24, 2.45) is 5.73 Å². The number of benzene rings is 1. The van der Waals surface area contributed by atoms with Gasteiger partial charge in [-0.2, -0.15) is 13.2 Å². The maximum atomic E-state index is 13.3. The standard InChI is InChI=1S/C10H8F7NO2.ClH/c11-5-3-4(7(18)8(19)9(12,13)14)1-2-6(5)20-10(15,16)17;/h1-3,7-8,19H,18H2;1H/t7-,8-;/m0./s1. The van der Waals surface area contributed by atoms with E-state index in [2.05, 4.69) is 4.74 Å². The molecule has 0 fully saturated rings. The number of nitrogens with two attached hydrogens (primary N) is 1. The highest BCUT2D eigenvalue weighted by atomic mass is 35.5. The number of hydrogen-bond acceptors (Lipinski definition) is 3. The summed E-state index contributed by atoms with van der Waals surface area (Å²) in [4.78, 5) is 0. The number of rotatable bonds is 3. The molecule has 3 N–H and O–H groups in total. The highest BCUT2D eigenvalue weighted by molar-refractivity contribution is 5.85. The molecule has 0 spiro atoms. The topological polar surface area (TPSA) is 55.5 Å². The molecule has 0 heterocycles. The molecular formula is C10H9ClF7NO2. The molecule has 0 aromatic heterocycles. The zero-order chi connectivity index (χ0) is 15.7. The van der Waals surface area contributed by atoms with E-state index in [4.69, 9.17) is 10.8 Å². The lowest BCUT2D eigenvalue weighted by Gasteiger charge is -2.22. The van der Waals surface area contributed by atoms with Crippen LogP contribution in [0.5, 0.6) is 5.75 Å². The van der Waals surface area contributed by atoms with Gasteiger partial charge in [-0.15, -0.1) is 25.6 Å². The van der Waals surface area contributed by atoms with Crippen LogP contribution in [0.3, 0.4) is 0 Å². The fourth-order valence-corrected chi connectivity index (χ4v) is 1.32. The molecule has 0 aliphatic rings. The molecule has 0 amide bonds. The molecule has 3 nitrogen and oxygen atoms in total. The fraction of sp³-hybridized carbons (Fsp3) is 0.400. The van der Waals surface area contributed by atoms with Crippen molar-refractivity contribution in [3.05, 3.63) is 29.6 Å². The van der Waals surface area contributed by atoms with Crippen LogP contribution in [0.2, 0.25) is 0 Å². The van der Waals surface area contributed by atoms with Crippen LogP contribution >= 0.6 is 12.4 Å². The number of ether oxygens (including phenoxy) is 1. The summed E-state index contributed by atoms with van der Waals surface area (Å²) < 4.78 is 88.7. The van der Waals surface area contributed by atoms with Gasteiger partial charge in [0.1, 0.15) is 0 Å². The molecular weight excluding hydrogens is 335 g/mol. The van der Waals surface area contributed by atoms with Gasteiger partial charge in [-0.3, -0.25) is 0 Å². The summed E-state index contributed by atoms with van der Waals surface area (Å²) in [6.45, 7) is 0. The molecule has 0 saturated carbocycles. The van der Waals surface area contributed by atoms with Gasteiger partial charge in [0.15, 0.2) is 17.7 Å². The Kier molecular flexibility index (Phi) is 6.27. The Bertz CT molecular complexity index is 477. The number of hydrogen-bond donors (Lipinski definition) is 2. The second-order valence-corrected chi connectivity index (χ2v) is 3.75. The Hall–Kier alpha value is -1.26. The van der Waals surface area contributed by atoms with E-state index in [1.165, 1.54) is 0 Å². The number of aliphatic hydroxyl groups excluding tert-OH is 1. The first-order chi connectivity index (χ1) is 8.92. The van der Waals surface area contributed by atoms with Gasteiger partial charge < -0.3 is 15.6 Å². The number of halogens is 8. The lowest BCUT2D eigenvalue weighted by molar-refractivity contribution is -0.275. The first kappa shape index (κ1) is 19.7. The lowest BCUT2D eigenvalue weighted by Crippen LogP contribution is -2.38. The molecule has 0 bridgehead atoms. The van der Waals surface area contributed by atoms with Crippen LogP contribution in [0.4, 0.5) is 30.7 Å². The van der Waals surface area contributed by atoms with Gasteiger partial charge in [0.05, 0.1) is 6.04 Å². The highest BCUT2D eigenvalue weighted by Gasteiger charge is 2.43. The van der Waals surface area contributed by atoms with Crippen LogP contribution in [0.1, 0.15) is 11.6 Å². The van der Waals surface area contributed by atoms with Crippen LogP contribution in [0.15, 0.2) is 18.2 Å². The largest absolute Gasteiger partial charge is 0.573 e. The minimum Gasteiger partial charge on any atom is -0.403 e. The second-order valence-electron chi connectivity index (χ2n) is 3.75. The Morgan fingerprint density at radius 1 is 1.10 bits per heavy atom. The van der Waals surface area contributed by atoms with Crippen LogP contribution in [0.25, 0.3) is 0 Å². The lowest BCUT2D eigenvalue weighted by atomic mass is 10.0. The Labute approximate surface area is 119 Å². The molecule has 21 heavy (non-hydrogen) atoms. The Morgan fingerprint density at radius 3 is 2.00 bits per heavy atom. The van der Waals surface area contributed by atoms with Gasteiger partial charge in [-0.25, -0.2) is 4.39 Å². The molecule has 0 aliphatic carbocycles. The van der Waals surface area contributed by atoms with Crippen molar-refractivity contribution < 1.29 is 40.6 Å². The monoisotopic (exact) mass is 343 g/mol. The quantitative estimate of drug-likeness (QED) is 0.829. The first-order valence-electron chi connectivity index (χ1n) is 4.97. The Morgan fingerprint density at radius 2 is 1.62 bits per heavy atom. The summed E-state index contributed by atoms with van der Waals surface area (Å²) in [6.07, 6.45) is -13.2. The second kappa shape index (κ2) is 6.67. The van der Waals surface area contributed by atoms with Crippen molar-refractivity contribution in [3.8, 4) is 5.75 Å². The molecule has 122 valence electrons. The minimum atomic E-state index is -5.14. The third kappa shape index (κ3) is 5.56. The van der Waals surface area contributed by atoms with E-state index in [1.807, 2.05) is 0 Å². The van der Waals surface area contributed by atoms with E-state index < -0.39 is 41.8 Å². The molecule has 11 heteroatoms. The fourth-order valence-electron chi connectivity index (χ4n) is 1.32. The predicted molar refractivity (Wildman–Crippen MR) is 59.3 cm³/mol. The maximum absolute atomic E-state index is 13.3. The van der Waals surface area contributed by atoms with Crippen LogP contribution < -0.4 is 10.5 Å². The van der Waals surface area contributed by atoms with Crippen LogP contribution in [-0.2, 0) is 0 Å². The van der Waals surface area contributed by atoms with Crippen LogP contribution in [0, 0.1) is 5.82 Å². The maximum Gasteiger partial charge on any atom is 0.573 e. The zero-order valence-corrected chi connectivity index (χ0v) is 10.7. The van der Waals surface area contributed by atoms with E-state index in [1.54, 1.807) is 0 Å². The third-order valence-electron chi connectivity index (χ3n) is 2.24. The number of alkyl halides is 6. The van der Waals surface area contributed by atoms with Crippen LogP contribution in [-0.4, -0.2) is 23.7 Å². The van der Waals surface area contributed by atoms with E-state index in [0.717, 1.165) is 0 Å². The van der Waals surface area contributed by atoms with E-state index in [0.29, 0.717) is 18.2 Å². The molecule has 2 atom stereocenters. The first-order valence-corrected chi connectivity index (χ1v) is 4.97. The molecule has 0 saturated heterocycles. The van der Waals surface area contributed by atoms with E-state index in [9.17, 15) is 30.7 Å². The highest BCUT2D eigenvalue weighted by Crippen LogP contribution is 2.31. The van der Waals surface area contributed by atoms with Gasteiger partial charge in [-0.1, -0.05) is 6.07 Å². The van der Waals surface area contributed by atoms with Crippen molar-refractivity contribution in [2.75, 3.05) is 0 Å². The smallest absolute Gasteiger partial charge is 0.403 e. The molecule has 0 radical (unpaired) electrons. The Balaban J connectivity index is 0.00000400. The molecule has 0 aliphatic heterocycles. The average Bonchev–Trinajstić information content (AvgIpc) is 2.27. The molecule has 1 aromatic rings. The van der Waals surface area contributed by atoms with Gasteiger partial charge in [-0.05, 0) is 17.7 Å². The van der Waals surface area contributed by atoms with E-state index >= 15 is 0 Å². The number of aliphatic hydroxyl groups is 1. The molecule has 1 rings (SSSR count). The molecule has 1 aromatic carbocycles. The summed E-state index contributed by atoms with van der Waals surface area (Å²) in [6, 6.07) is -0.532. The zero-order valence-electron chi connectivity index (χ0n) is 9.87. The summed E-state index contributed by atoms with van der Waals surface area (Å²) in [5.41, 5.74) is 4.55. The summed E-state index contributed by atoms with van der Waals surface area (Å²) in [5.74, 6) is -2.76. The summed E-state index contributed by atoms with van der Waals surface area (Å²) >= 11 is 0. The van der Waals surface area contributed by atoms with Gasteiger partial charge in [0.2, 0.25) is 0 Å². The van der Waals surface area contributed by atoms with E-state index in [-0.39, 0.29) is 12.4 Å². The van der Waals surface area contributed by atoms with Crippen molar-refractivity contribution in [1.29, 1.82) is 0 Å². The normalized spacial score (nSPS) is 15.1. The van der Waals surface area contributed by atoms with Crippen molar-refractivity contribution >= 4 is 12.4 Å². The van der Waals surface area contributed by atoms with Crippen molar-refractivity contribution in [3.63, 3.8) is 0 Å². The summed E-state index contributed by atoms with van der Waals surface area (Å²) in [7, 11) is 0. The molecule has 0 unspecified atom stereocenters. The van der Waals surface area contributed by atoms with Gasteiger partial charge >= 0.3 is 12.5 Å². The SMILES string of the molecule is Cl.N[C@@H](c1ccc(OC(F)(F)F)c(F)c1)[C@H](O)C(F)(F)F. The van der Waals surface area contributed by atoms with Crippen molar-refractivity contribution in [1.82, 2.24) is 0 Å². The summed E-state index contributed by atoms with van der Waals surface area (Å²) in [5, 5.41) is 8.87. The predicted octanol–water partition coefficient (Wildman–Crippen LogP) is 3.07. The average molecular weight is 344 g/mol. The third-order valence-corrected chi connectivity index (χ3v) is 2.24. The van der Waals surface area contributed by atoms with Gasteiger partial charge in [0.25, 0.3) is 0 Å².